The van der Waals surface area contributed by atoms with E-state index in [4.69, 9.17) is 4.74 Å². The third-order valence-electron chi connectivity index (χ3n) is 3.27. The lowest BCUT2D eigenvalue weighted by atomic mass is 10.1. The molecular formula is C17H26O. The summed E-state index contributed by atoms with van der Waals surface area (Å²) >= 11 is 0. The zero-order valence-electron chi connectivity index (χ0n) is 12.0. The molecule has 0 radical (unpaired) electrons. The Kier molecular flexibility index (Phi) is 6.56. The van der Waals surface area contributed by atoms with Crippen molar-refractivity contribution in [2.75, 3.05) is 0 Å². The van der Waals surface area contributed by atoms with Gasteiger partial charge in [-0.05, 0) is 49.9 Å². The predicted molar refractivity (Wildman–Crippen MR) is 80.1 cm³/mol. The highest BCUT2D eigenvalue weighted by Gasteiger charge is 2.05. The van der Waals surface area contributed by atoms with E-state index in [1.165, 1.54) is 31.2 Å². The summed E-state index contributed by atoms with van der Waals surface area (Å²) in [7, 11) is 0. The van der Waals surface area contributed by atoms with Crippen LogP contribution >= 0.6 is 0 Å². The van der Waals surface area contributed by atoms with E-state index in [0.29, 0.717) is 6.10 Å². The molecule has 0 aliphatic rings. The summed E-state index contributed by atoms with van der Waals surface area (Å²) in [6.07, 6.45) is 8.51. The van der Waals surface area contributed by atoms with E-state index in [9.17, 15) is 0 Å². The number of hydrogen-bond acceptors (Lipinski definition) is 1. The minimum atomic E-state index is 0.294. The van der Waals surface area contributed by atoms with Crippen LogP contribution in [0.4, 0.5) is 0 Å². The normalized spacial score (nSPS) is 12.2. The number of unbranched alkanes of at least 4 members (excludes halogenated alkanes) is 3. The molecule has 1 heteroatoms. The molecule has 0 aliphatic carbocycles. The van der Waals surface area contributed by atoms with Gasteiger partial charge in [0.25, 0.3) is 0 Å². The van der Waals surface area contributed by atoms with Crippen molar-refractivity contribution in [1.82, 2.24) is 0 Å². The molecule has 0 N–H and O–H groups in total. The lowest BCUT2D eigenvalue weighted by Crippen LogP contribution is -2.11. The summed E-state index contributed by atoms with van der Waals surface area (Å²) in [5.74, 6) is 0.957. The van der Waals surface area contributed by atoms with Crippen molar-refractivity contribution < 1.29 is 4.74 Å². The van der Waals surface area contributed by atoms with Gasteiger partial charge in [-0.3, -0.25) is 0 Å². The fraction of sp³-hybridized carbons (Fsp3) is 0.529. The third kappa shape index (κ3) is 4.95. The Hall–Kier alpha value is -1.24. The van der Waals surface area contributed by atoms with Gasteiger partial charge in [0.15, 0.2) is 0 Å². The second-order valence-electron chi connectivity index (χ2n) is 5.00. The van der Waals surface area contributed by atoms with E-state index in [1.807, 2.05) is 12.1 Å². The molecule has 0 fully saturated rings. The van der Waals surface area contributed by atoms with Gasteiger partial charge in [-0.25, -0.2) is 0 Å². The third-order valence-corrected chi connectivity index (χ3v) is 3.27. The van der Waals surface area contributed by atoms with E-state index >= 15 is 0 Å². The van der Waals surface area contributed by atoms with Crippen LogP contribution < -0.4 is 4.74 Å². The lowest BCUT2D eigenvalue weighted by Gasteiger charge is -2.15. The molecular weight excluding hydrogens is 220 g/mol. The van der Waals surface area contributed by atoms with Crippen molar-refractivity contribution in [2.24, 2.45) is 0 Å². The highest BCUT2D eigenvalue weighted by Crippen LogP contribution is 2.20. The van der Waals surface area contributed by atoms with Gasteiger partial charge in [0.2, 0.25) is 0 Å². The Labute approximate surface area is 112 Å². The maximum absolute atomic E-state index is 5.94. The summed E-state index contributed by atoms with van der Waals surface area (Å²) in [5, 5.41) is 0. The maximum atomic E-state index is 5.94. The van der Waals surface area contributed by atoms with Gasteiger partial charge in [-0.2, -0.15) is 0 Å². The van der Waals surface area contributed by atoms with Crippen molar-refractivity contribution >= 4 is 6.08 Å². The Morgan fingerprint density at radius 3 is 2.72 bits per heavy atom. The van der Waals surface area contributed by atoms with Crippen LogP contribution in [0.1, 0.15) is 57.1 Å². The molecule has 0 amide bonds. The minimum Gasteiger partial charge on any atom is -0.491 e. The first-order valence-corrected chi connectivity index (χ1v) is 7.07. The van der Waals surface area contributed by atoms with Gasteiger partial charge in [-0.1, -0.05) is 44.9 Å². The summed E-state index contributed by atoms with van der Waals surface area (Å²) in [5.41, 5.74) is 2.40. The Morgan fingerprint density at radius 2 is 2.06 bits per heavy atom. The Bertz CT molecular complexity index is 368. The molecule has 1 aromatic carbocycles. The molecule has 1 atom stereocenters. The van der Waals surface area contributed by atoms with E-state index in [-0.39, 0.29) is 0 Å². The van der Waals surface area contributed by atoms with E-state index in [2.05, 4.69) is 39.5 Å². The lowest BCUT2D eigenvalue weighted by molar-refractivity contribution is 0.206. The van der Waals surface area contributed by atoms with E-state index in [0.717, 1.165) is 17.7 Å². The largest absolute Gasteiger partial charge is 0.491 e. The summed E-state index contributed by atoms with van der Waals surface area (Å²) in [4.78, 5) is 0. The Morgan fingerprint density at radius 1 is 1.28 bits per heavy atom. The molecule has 100 valence electrons. The first-order chi connectivity index (χ1) is 8.67. The van der Waals surface area contributed by atoms with E-state index in [1.54, 1.807) is 0 Å². The van der Waals surface area contributed by atoms with Crippen molar-refractivity contribution in [3.63, 3.8) is 0 Å². The zero-order chi connectivity index (χ0) is 13.4. The molecule has 0 saturated carbocycles. The fourth-order valence-electron chi connectivity index (χ4n) is 2.06. The van der Waals surface area contributed by atoms with Crippen LogP contribution in [-0.2, 0) is 0 Å². The van der Waals surface area contributed by atoms with Crippen LogP contribution in [0, 0.1) is 6.92 Å². The van der Waals surface area contributed by atoms with E-state index < -0.39 is 0 Å². The zero-order valence-corrected chi connectivity index (χ0v) is 12.0. The molecule has 0 aliphatic heterocycles. The van der Waals surface area contributed by atoms with Crippen molar-refractivity contribution in [3.05, 3.63) is 35.9 Å². The minimum absolute atomic E-state index is 0.294. The summed E-state index contributed by atoms with van der Waals surface area (Å²) < 4.78 is 5.94. The molecule has 0 aromatic heterocycles. The van der Waals surface area contributed by atoms with Gasteiger partial charge < -0.3 is 4.74 Å². The van der Waals surface area contributed by atoms with Crippen LogP contribution in [0.15, 0.2) is 24.8 Å². The molecule has 0 saturated heterocycles. The number of ether oxygens (including phenoxy) is 1. The Balaban J connectivity index is 2.43. The molecule has 1 rings (SSSR count). The second kappa shape index (κ2) is 7.97. The number of benzene rings is 1. The SMILES string of the molecule is C=Cc1cc(OC(C)CCCCCC)ccc1C. The number of rotatable bonds is 8. The highest BCUT2D eigenvalue weighted by molar-refractivity contribution is 5.54. The monoisotopic (exact) mass is 246 g/mol. The number of aryl methyl sites for hydroxylation is 1. The maximum Gasteiger partial charge on any atom is 0.120 e. The summed E-state index contributed by atoms with van der Waals surface area (Å²) in [6.45, 7) is 10.3. The molecule has 0 heterocycles. The quantitative estimate of drug-likeness (QED) is 0.560. The van der Waals surface area contributed by atoms with Gasteiger partial charge in [0, 0.05) is 0 Å². The average molecular weight is 246 g/mol. The standard InChI is InChI=1S/C17H26O/c1-5-7-8-9-10-15(4)18-17-12-11-14(3)16(6-2)13-17/h6,11-13,15H,2,5,7-10H2,1,3-4H3. The topological polar surface area (TPSA) is 9.23 Å². The molecule has 18 heavy (non-hydrogen) atoms. The smallest absolute Gasteiger partial charge is 0.120 e. The van der Waals surface area contributed by atoms with Crippen molar-refractivity contribution in [3.8, 4) is 5.75 Å². The molecule has 1 unspecified atom stereocenters. The van der Waals surface area contributed by atoms with Crippen molar-refractivity contribution in [1.29, 1.82) is 0 Å². The number of hydrogen-bond donors (Lipinski definition) is 0. The van der Waals surface area contributed by atoms with Gasteiger partial charge in [0.1, 0.15) is 5.75 Å². The first kappa shape index (κ1) is 14.8. The van der Waals surface area contributed by atoms with Crippen molar-refractivity contribution in [2.45, 2.75) is 59.0 Å². The van der Waals surface area contributed by atoms with Gasteiger partial charge >= 0.3 is 0 Å². The highest BCUT2D eigenvalue weighted by atomic mass is 16.5. The summed E-state index contributed by atoms with van der Waals surface area (Å²) in [6, 6.07) is 6.21. The molecule has 1 aromatic rings. The van der Waals surface area contributed by atoms with Crippen LogP contribution in [0.3, 0.4) is 0 Å². The average Bonchev–Trinajstić information content (AvgIpc) is 2.37. The van der Waals surface area contributed by atoms with Gasteiger partial charge in [-0.15, -0.1) is 0 Å². The van der Waals surface area contributed by atoms with Crippen LogP contribution in [0.25, 0.3) is 6.08 Å². The molecule has 0 spiro atoms. The molecule has 0 bridgehead atoms. The molecule has 1 nitrogen and oxygen atoms in total. The van der Waals surface area contributed by atoms with Crippen LogP contribution in [0.5, 0.6) is 5.75 Å². The predicted octanol–water partition coefficient (Wildman–Crippen LogP) is 5.38. The second-order valence-corrected chi connectivity index (χ2v) is 5.00. The van der Waals surface area contributed by atoms with Crippen LogP contribution in [0.2, 0.25) is 0 Å². The van der Waals surface area contributed by atoms with Crippen LogP contribution in [-0.4, -0.2) is 6.10 Å². The van der Waals surface area contributed by atoms with Gasteiger partial charge in [0.05, 0.1) is 6.10 Å². The fourth-order valence-corrected chi connectivity index (χ4v) is 2.06. The first-order valence-electron chi connectivity index (χ1n) is 7.07.